The number of ether oxygens (including phenoxy) is 3. The van der Waals surface area contributed by atoms with Crippen LogP contribution in [-0.4, -0.2) is 48.3 Å². The monoisotopic (exact) mass is 312 g/mol. The number of aliphatic hydroxyl groups is 1. The lowest BCUT2D eigenvalue weighted by atomic mass is 10.1. The van der Waals surface area contributed by atoms with Crippen molar-refractivity contribution in [1.82, 2.24) is 0 Å². The van der Waals surface area contributed by atoms with E-state index in [9.17, 15) is 19.1 Å². The van der Waals surface area contributed by atoms with E-state index in [0.29, 0.717) is 5.56 Å². The molecule has 2 rings (SSSR count). The van der Waals surface area contributed by atoms with Gasteiger partial charge in [0.1, 0.15) is 12.7 Å². The summed E-state index contributed by atoms with van der Waals surface area (Å²) in [4.78, 5) is 22.6. The SMILES string of the molecule is CC(=O)O[C@H]1C(O)O[C@H](COC(=O)c2ccc(C)cc2)[C@H]1F. The van der Waals surface area contributed by atoms with Crippen molar-refractivity contribution >= 4 is 11.9 Å². The number of rotatable bonds is 4. The average Bonchev–Trinajstić information content (AvgIpc) is 2.72. The standard InChI is InChI=1S/C15H17FO6/c1-8-3-5-10(6-4-8)14(18)20-7-11-12(16)13(15(19)22-11)21-9(2)17/h3-6,11-13,15,19H,7H2,1-2H3/t11-,12-,13-,15?/m1/s1. The summed E-state index contributed by atoms with van der Waals surface area (Å²) in [6, 6.07) is 6.69. The van der Waals surface area contributed by atoms with Crippen LogP contribution in [0, 0.1) is 6.92 Å². The van der Waals surface area contributed by atoms with Gasteiger partial charge < -0.3 is 19.3 Å². The Labute approximate surface area is 126 Å². The lowest BCUT2D eigenvalue weighted by Gasteiger charge is -2.15. The van der Waals surface area contributed by atoms with Crippen molar-refractivity contribution in [2.75, 3.05) is 6.61 Å². The van der Waals surface area contributed by atoms with Crippen molar-refractivity contribution in [3.8, 4) is 0 Å². The topological polar surface area (TPSA) is 82.1 Å². The quantitative estimate of drug-likeness (QED) is 0.840. The van der Waals surface area contributed by atoms with Gasteiger partial charge in [0, 0.05) is 6.92 Å². The Kier molecular flexibility index (Phi) is 5.10. The minimum Gasteiger partial charge on any atom is -0.459 e. The summed E-state index contributed by atoms with van der Waals surface area (Å²) < 4.78 is 28.5. The van der Waals surface area contributed by atoms with Crippen LogP contribution in [0.25, 0.3) is 0 Å². The van der Waals surface area contributed by atoms with Crippen LogP contribution in [0.5, 0.6) is 0 Å². The zero-order chi connectivity index (χ0) is 16.3. The zero-order valence-electron chi connectivity index (χ0n) is 12.2. The molecule has 0 aromatic heterocycles. The molecule has 1 saturated heterocycles. The van der Waals surface area contributed by atoms with E-state index >= 15 is 0 Å². The van der Waals surface area contributed by atoms with E-state index in [1.54, 1.807) is 24.3 Å². The fourth-order valence-electron chi connectivity index (χ4n) is 2.08. The van der Waals surface area contributed by atoms with E-state index in [-0.39, 0.29) is 6.61 Å². The highest BCUT2D eigenvalue weighted by Gasteiger charge is 2.47. The van der Waals surface area contributed by atoms with Crippen LogP contribution in [0.4, 0.5) is 4.39 Å². The van der Waals surface area contributed by atoms with Crippen molar-refractivity contribution in [2.45, 2.75) is 38.5 Å². The lowest BCUT2D eigenvalue weighted by molar-refractivity contribution is -0.169. The Morgan fingerprint density at radius 3 is 2.55 bits per heavy atom. The van der Waals surface area contributed by atoms with Gasteiger partial charge in [-0.1, -0.05) is 17.7 Å². The molecule has 0 aliphatic carbocycles. The molecule has 6 nitrogen and oxygen atoms in total. The van der Waals surface area contributed by atoms with Crippen LogP contribution in [0.1, 0.15) is 22.8 Å². The molecule has 120 valence electrons. The molecule has 4 atom stereocenters. The van der Waals surface area contributed by atoms with Gasteiger partial charge >= 0.3 is 11.9 Å². The lowest BCUT2D eigenvalue weighted by Crippen LogP contribution is -2.35. The van der Waals surface area contributed by atoms with Crippen molar-refractivity contribution in [3.63, 3.8) is 0 Å². The van der Waals surface area contributed by atoms with Gasteiger partial charge in [0.2, 0.25) is 0 Å². The van der Waals surface area contributed by atoms with E-state index in [1.165, 1.54) is 0 Å². The molecule has 1 fully saturated rings. The minimum absolute atomic E-state index is 0.330. The van der Waals surface area contributed by atoms with Crippen LogP contribution in [0.3, 0.4) is 0 Å². The fraction of sp³-hybridized carbons (Fsp3) is 0.467. The van der Waals surface area contributed by atoms with Gasteiger partial charge in [-0.05, 0) is 19.1 Å². The number of aliphatic hydroxyl groups excluding tert-OH is 1. The Hall–Kier alpha value is -1.99. The van der Waals surface area contributed by atoms with Crippen LogP contribution in [0.15, 0.2) is 24.3 Å². The van der Waals surface area contributed by atoms with Gasteiger partial charge in [0.05, 0.1) is 5.56 Å². The second-order valence-electron chi connectivity index (χ2n) is 5.05. The first-order chi connectivity index (χ1) is 10.4. The summed E-state index contributed by atoms with van der Waals surface area (Å²) in [7, 11) is 0. The normalized spacial score (nSPS) is 27.5. The van der Waals surface area contributed by atoms with Crippen molar-refractivity contribution in [1.29, 1.82) is 0 Å². The van der Waals surface area contributed by atoms with Crippen LogP contribution >= 0.6 is 0 Å². The second-order valence-corrected chi connectivity index (χ2v) is 5.05. The van der Waals surface area contributed by atoms with E-state index in [2.05, 4.69) is 4.74 Å². The smallest absolute Gasteiger partial charge is 0.338 e. The van der Waals surface area contributed by atoms with E-state index in [1.807, 2.05) is 6.92 Å². The summed E-state index contributed by atoms with van der Waals surface area (Å²) in [6.07, 6.45) is -5.96. The Bertz CT molecular complexity index is 543. The number of carbonyl (C=O) groups is 2. The first-order valence-corrected chi connectivity index (χ1v) is 6.77. The molecule has 0 spiro atoms. The number of aryl methyl sites for hydroxylation is 1. The maximum Gasteiger partial charge on any atom is 0.338 e. The molecule has 7 heteroatoms. The second kappa shape index (κ2) is 6.85. The van der Waals surface area contributed by atoms with Gasteiger partial charge in [-0.15, -0.1) is 0 Å². The van der Waals surface area contributed by atoms with Gasteiger partial charge in [0.15, 0.2) is 18.6 Å². The number of hydrogen-bond acceptors (Lipinski definition) is 6. The summed E-state index contributed by atoms with van der Waals surface area (Å²) in [5.41, 5.74) is 1.32. The third-order valence-corrected chi connectivity index (χ3v) is 3.23. The highest BCUT2D eigenvalue weighted by molar-refractivity contribution is 5.89. The predicted octanol–water partition coefficient (Wildman–Crippen LogP) is 1.14. The molecule has 0 amide bonds. The first-order valence-electron chi connectivity index (χ1n) is 6.77. The molecule has 22 heavy (non-hydrogen) atoms. The Balaban J connectivity index is 1.90. The Morgan fingerprint density at radius 1 is 1.32 bits per heavy atom. The molecule has 0 saturated carbocycles. The number of carbonyl (C=O) groups excluding carboxylic acids is 2. The zero-order valence-corrected chi connectivity index (χ0v) is 12.2. The van der Waals surface area contributed by atoms with E-state index in [0.717, 1.165) is 12.5 Å². The number of benzene rings is 1. The fourth-order valence-corrected chi connectivity index (χ4v) is 2.08. The molecule has 1 unspecified atom stereocenters. The Morgan fingerprint density at radius 2 is 1.95 bits per heavy atom. The van der Waals surface area contributed by atoms with E-state index < -0.39 is 36.6 Å². The molecule has 1 N–H and O–H groups in total. The highest BCUT2D eigenvalue weighted by Crippen LogP contribution is 2.26. The summed E-state index contributed by atoms with van der Waals surface area (Å²) in [6.45, 7) is 2.60. The minimum atomic E-state index is -1.77. The molecule has 0 radical (unpaired) electrons. The largest absolute Gasteiger partial charge is 0.459 e. The van der Waals surface area contributed by atoms with Crippen LogP contribution in [-0.2, 0) is 19.0 Å². The third kappa shape index (κ3) is 3.80. The van der Waals surface area contributed by atoms with Crippen LogP contribution < -0.4 is 0 Å². The molecule has 1 heterocycles. The number of alkyl halides is 1. The number of halogens is 1. The maximum absolute atomic E-state index is 14.0. The predicted molar refractivity (Wildman–Crippen MR) is 72.8 cm³/mol. The first kappa shape index (κ1) is 16.4. The molecule has 1 aromatic carbocycles. The van der Waals surface area contributed by atoms with Gasteiger partial charge in [0.25, 0.3) is 0 Å². The highest BCUT2D eigenvalue weighted by atomic mass is 19.1. The molecular formula is C15H17FO6. The number of esters is 2. The third-order valence-electron chi connectivity index (χ3n) is 3.23. The molecule has 1 aromatic rings. The van der Waals surface area contributed by atoms with Crippen molar-refractivity contribution in [2.24, 2.45) is 0 Å². The maximum atomic E-state index is 14.0. The molecule has 0 bridgehead atoms. The van der Waals surface area contributed by atoms with Crippen molar-refractivity contribution in [3.05, 3.63) is 35.4 Å². The summed E-state index contributed by atoms with van der Waals surface area (Å²) in [5.74, 6) is -1.35. The summed E-state index contributed by atoms with van der Waals surface area (Å²) in [5, 5.41) is 9.51. The van der Waals surface area contributed by atoms with Gasteiger partial charge in [-0.25, -0.2) is 9.18 Å². The molecule has 1 aliphatic heterocycles. The van der Waals surface area contributed by atoms with Gasteiger partial charge in [-0.3, -0.25) is 4.79 Å². The number of hydrogen-bond donors (Lipinski definition) is 1. The van der Waals surface area contributed by atoms with Gasteiger partial charge in [-0.2, -0.15) is 0 Å². The molecule has 1 aliphatic rings. The summed E-state index contributed by atoms with van der Waals surface area (Å²) >= 11 is 0. The average molecular weight is 312 g/mol. The van der Waals surface area contributed by atoms with E-state index in [4.69, 9.17) is 9.47 Å². The molecular weight excluding hydrogens is 295 g/mol. The van der Waals surface area contributed by atoms with Crippen LogP contribution in [0.2, 0.25) is 0 Å². The van der Waals surface area contributed by atoms with Crippen molar-refractivity contribution < 1.29 is 33.3 Å².